The minimum Gasteiger partial charge on any atom is -0.241 e. The van der Waals surface area contributed by atoms with Crippen molar-refractivity contribution in [2.24, 2.45) is 5.92 Å². The van der Waals surface area contributed by atoms with Gasteiger partial charge in [-0.25, -0.2) is 9.97 Å². The fourth-order valence-electron chi connectivity index (χ4n) is 1.05. The summed E-state index contributed by atoms with van der Waals surface area (Å²) in [5.74, 6) is 0.734. The smallest absolute Gasteiger partial charge is 0.116 e. The highest BCUT2D eigenvalue weighted by Crippen LogP contribution is 2.09. The molecule has 0 amide bonds. The van der Waals surface area contributed by atoms with Crippen LogP contribution in [0.2, 0.25) is 0 Å². The van der Waals surface area contributed by atoms with Crippen LogP contribution in [0.4, 0.5) is 0 Å². The van der Waals surface area contributed by atoms with Gasteiger partial charge in [-0.3, -0.25) is 0 Å². The Morgan fingerprint density at radius 2 is 2.25 bits per heavy atom. The first-order chi connectivity index (χ1) is 5.70. The summed E-state index contributed by atoms with van der Waals surface area (Å²) in [6.45, 7) is 6.45. The molecule has 0 saturated heterocycles. The van der Waals surface area contributed by atoms with E-state index in [1.807, 2.05) is 6.92 Å². The van der Waals surface area contributed by atoms with Crippen molar-refractivity contribution >= 4 is 0 Å². The Hall–Kier alpha value is -0.920. The van der Waals surface area contributed by atoms with Crippen molar-refractivity contribution in [3.8, 4) is 0 Å². The van der Waals surface area contributed by atoms with Crippen molar-refractivity contribution in [3.05, 3.63) is 23.8 Å². The van der Waals surface area contributed by atoms with E-state index in [1.165, 1.54) is 6.42 Å². The van der Waals surface area contributed by atoms with E-state index in [9.17, 15) is 0 Å². The van der Waals surface area contributed by atoms with Gasteiger partial charge < -0.3 is 0 Å². The van der Waals surface area contributed by atoms with Gasteiger partial charge in [0.05, 0.1) is 6.20 Å². The van der Waals surface area contributed by atoms with E-state index < -0.39 is 0 Å². The fourth-order valence-corrected chi connectivity index (χ4v) is 1.05. The Bertz CT molecular complexity index is 243. The molecule has 0 aromatic carbocycles. The van der Waals surface area contributed by atoms with Crippen LogP contribution in [-0.2, 0) is 6.42 Å². The molecule has 1 radical (unpaired) electrons. The molecule has 2 heteroatoms. The topological polar surface area (TPSA) is 25.8 Å². The molecule has 0 fully saturated rings. The number of aryl methyl sites for hydroxylation is 2. The highest BCUT2D eigenvalue weighted by Gasteiger charge is 2.00. The van der Waals surface area contributed by atoms with Gasteiger partial charge >= 0.3 is 0 Å². The number of nitrogens with zero attached hydrogens (tertiary/aromatic N) is 2. The molecule has 0 unspecified atom stereocenters. The molecule has 0 aliphatic carbocycles. The average Bonchev–Trinajstić information content (AvgIpc) is 2.03. The molecule has 0 N–H and O–H groups in total. The molecular formula is C10H15N2. The fraction of sp³-hybridized carbons (Fsp3) is 0.600. The Kier molecular flexibility index (Phi) is 3.20. The van der Waals surface area contributed by atoms with Crippen LogP contribution in [-0.4, -0.2) is 9.97 Å². The molecule has 1 aromatic rings. The summed E-state index contributed by atoms with van der Waals surface area (Å²) in [5, 5.41) is 0. The van der Waals surface area contributed by atoms with Gasteiger partial charge in [-0.15, -0.1) is 0 Å². The van der Waals surface area contributed by atoms with Crippen LogP contribution in [0.1, 0.15) is 31.5 Å². The van der Waals surface area contributed by atoms with Crippen molar-refractivity contribution in [2.45, 2.75) is 33.6 Å². The van der Waals surface area contributed by atoms with Gasteiger partial charge in [-0.05, 0) is 25.7 Å². The molecule has 0 aliphatic heterocycles. The van der Waals surface area contributed by atoms with Crippen molar-refractivity contribution in [1.82, 2.24) is 9.97 Å². The van der Waals surface area contributed by atoms with E-state index in [0.717, 1.165) is 23.6 Å². The van der Waals surface area contributed by atoms with Gasteiger partial charge in [-0.1, -0.05) is 13.8 Å². The molecular weight excluding hydrogens is 148 g/mol. The normalized spacial score (nSPS) is 10.7. The molecule has 0 atom stereocenters. The molecule has 2 nitrogen and oxygen atoms in total. The summed E-state index contributed by atoms with van der Waals surface area (Å²) in [6, 6.07) is 0. The van der Waals surface area contributed by atoms with Crippen LogP contribution < -0.4 is 0 Å². The number of rotatable bonds is 3. The highest BCUT2D eigenvalue weighted by atomic mass is 14.8. The van der Waals surface area contributed by atoms with Crippen LogP contribution in [0.15, 0.2) is 6.33 Å². The van der Waals surface area contributed by atoms with Crippen LogP contribution in [0.25, 0.3) is 0 Å². The van der Waals surface area contributed by atoms with Gasteiger partial charge in [-0.2, -0.15) is 0 Å². The Balaban J connectivity index is 2.57. The molecule has 12 heavy (non-hydrogen) atoms. The van der Waals surface area contributed by atoms with E-state index in [2.05, 4.69) is 30.0 Å². The standard InChI is InChI=1S/C10H15N2/c1-8(2)4-5-10-6-11-7-12-9(10)3/h7-8H,4-5H2,1-3H3. The molecule has 0 bridgehead atoms. The zero-order valence-electron chi connectivity index (χ0n) is 7.96. The van der Waals surface area contributed by atoms with Crippen LogP contribution in [0, 0.1) is 19.0 Å². The quantitative estimate of drug-likeness (QED) is 0.682. The lowest BCUT2D eigenvalue weighted by atomic mass is 10.0. The largest absolute Gasteiger partial charge is 0.241 e. The molecule has 0 aliphatic rings. The van der Waals surface area contributed by atoms with Crippen molar-refractivity contribution in [3.63, 3.8) is 0 Å². The molecule has 1 heterocycles. The Morgan fingerprint density at radius 3 is 2.83 bits per heavy atom. The second kappa shape index (κ2) is 4.19. The number of hydrogen-bond acceptors (Lipinski definition) is 2. The predicted octanol–water partition coefficient (Wildman–Crippen LogP) is 2.17. The van der Waals surface area contributed by atoms with Crippen molar-refractivity contribution in [1.29, 1.82) is 0 Å². The van der Waals surface area contributed by atoms with Gasteiger partial charge in [0, 0.05) is 11.3 Å². The second-order valence-corrected chi connectivity index (χ2v) is 3.48. The van der Waals surface area contributed by atoms with Gasteiger partial charge in [0.25, 0.3) is 0 Å². The van der Waals surface area contributed by atoms with Gasteiger partial charge in [0.1, 0.15) is 6.33 Å². The third kappa shape index (κ3) is 2.61. The molecule has 1 rings (SSSR count). The lowest BCUT2D eigenvalue weighted by Gasteiger charge is -2.04. The third-order valence-electron chi connectivity index (χ3n) is 1.92. The molecule has 65 valence electrons. The van der Waals surface area contributed by atoms with Gasteiger partial charge in [0.2, 0.25) is 0 Å². The minimum atomic E-state index is 0.734. The first-order valence-electron chi connectivity index (χ1n) is 4.38. The second-order valence-electron chi connectivity index (χ2n) is 3.48. The van der Waals surface area contributed by atoms with Gasteiger partial charge in [0.15, 0.2) is 0 Å². The summed E-state index contributed by atoms with van der Waals surface area (Å²) in [4.78, 5) is 8.00. The van der Waals surface area contributed by atoms with Crippen LogP contribution in [0.3, 0.4) is 0 Å². The van der Waals surface area contributed by atoms with Crippen molar-refractivity contribution < 1.29 is 0 Å². The summed E-state index contributed by atoms with van der Waals surface area (Å²) in [7, 11) is 0. The van der Waals surface area contributed by atoms with E-state index in [1.54, 1.807) is 6.33 Å². The number of aromatic nitrogens is 2. The summed E-state index contributed by atoms with van der Waals surface area (Å²) in [6.07, 6.45) is 6.76. The minimum absolute atomic E-state index is 0.734. The Morgan fingerprint density at radius 1 is 1.50 bits per heavy atom. The summed E-state index contributed by atoms with van der Waals surface area (Å²) >= 11 is 0. The lowest BCUT2D eigenvalue weighted by molar-refractivity contribution is 0.583. The predicted molar refractivity (Wildman–Crippen MR) is 48.8 cm³/mol. The zero-order chi connectivity index (χ0) is 8.97. The maximum atomic E-state index is 4.11. The van der Waals surface area contributed by atoms with Crippen LogP contribution in [0.5, 0.6) is 0 Å². The summed E-state index contributed by atoms with van der Waals surface area (Å²) < 4.78 is 0. The van der Waals surface area contributed by atoms with Crippen molar-refractivity contribution in [2.75, 3.05) is 0 Å². The lowest BCUT2D eigenvalue weighted by Crippen LogP contribution is -1.97. The van der Waals surface area contributed by atoms with E-state index >= 15 is 0 Å². The number of hydrogen-bond donors (Lipinski definition) is 0. The zero-order valence-corrected chi connectivity index (χ0v) is 7.96. The Labute approximate surface area is 74.1 Å². The molecule has 0 spiro atoms. The summed E-state index contributed by atoms with van der Waals surface area (Å²) in [5.41, 5.74) is 2.22. The SMILES string of the molecule is Cc1ncn[c]c1CCC(C)C. The molecule has 1 aromatic heterocycles. The van der Waals surface area contributed by atoms with E-state index in [4.69, 9.17) is 0 Å². The van der Waals surface area contributed by atoms with E-state index in [0.29, 0.717) is 0 Å². The maximum absolute atomic E-state index is 4.11. The first-order valence-corrected chi connectivity index (χ1v) is 4.38. The first kappa shape index (κ1) is 9.17. The van der Waals surface area contributed by atoms with E-state index in [-0.39, 0.29) is 0 Å². The highest BCUT2D eigenvalue weighted by molar-refractivity contribution is 5.12. The molecule has 0 saturated carbocycles. The maximum Gasteiger partial charge on any atom is 0.116 e. The third-order valence-corrected chi connectivity index (χ3v) is 1.92. The average molecular weight is 163 g/mol. The monoisotopic (exact) mass is 163 g/mol. The van der Waals surface area contributed by atoms with Crippen LogP contribution >= 0.6 is 0 Å².